The van der Waals surface area contributed by atoms with E-state index in [1.165, 1.54) is 6.20 Å². The molecule has 1 saturated heterocycles. The second kappa shape index (κ2) is 7.16. The standard InChI is InChI=1S/C13H21N5O3/c1-3-14-13-15-7-11(18(19)20)12(16-13)17-6-4-5-10(8-17)9-21-2/h7,10H,3-6,8-9H2,1-2H3,(H,14,15,16). The third-order valence-electron chi connectivity index (χ3n) is 3.50. The summed E-state index contributed by atoms with van der Waals surface area (Å²) in [5.74, 6) is 1.19. The molecule has 1 aliphatic rings. The minimum absolute atomic E-state index is 0.0466. The smallest absolute Gasteiger partial charge is 0.329 e. The SMILES string of the molecule is CCNc1ncc([N+](=O)[O-])c(N2CCCC(COC)C2)n1. The van der Waals surface area contributed by atoms with Gasteiger partial charge in [-0.3, -0.25) is 10.1 Å². The number of anilines is 2. The quantitative estimate of drug-likeness (QED) is 0.630. The van der Waals surface area contributed by atoms with Gasteiger partial charge in [-0.25, -0.2) is 4.98 Å². The second-order valence-corrected chi connectivity index (χ2v) is 5.10. The van der Waals surface area contributed by atoms with E-state index in [1.807, 2.05) is 11.8 Å². The summed E-state index contributed by atoms with van der Waals surface area (Å²) in [5.41, 5.74) is -0.0466. The van der Waals surface area contributed by atoms with E-state index in [9.17, 15) is 10.1 Å². The molecule has 0 amide bonds. The predicted octanol–water partition coefficient (Wildman–Crippen LogP) is 1.68. The Labute approximate surface area is 123 Å². The summed E-state index contributed by atoms with van der Waals surface area (Å²) in [6.45, 7) is 4.75. The highest BCUT2D eigenvalue weighted by molar-refractivity contribution is 5.59. The lowest BCUT2D eigenvalue weighted by atomic mass is 9.99. The van der Waals surface area contributed by atoms with Crippen LogP contribution in [-0.2, 0) is 4.74 Å². The van der Waals surface area contributed by atoms with E-state index < -0.39 is 4.92 Å². The second-order valence-electron chi connectivity index (χ2n) is 5.10. The highest BCUT2D eigenvalue weighted by Crippen LogP contribution is 2.30. The molecule has 2 heterocycles. The van der Waals surface area contributed by atoms with Crippen molar-refractivity contribution in [3.8, 4) is 0 Å². The fourth-order valence-corrected chi connectivity index (χ4v) is 2.60. The van der Waals surface area contributed by atoms with Gasteiger partial charge in [-0.1, -0.05) is 0 Å². The summed E-state index contributed by atoms with van der Waals surface area (Å²) in [5, 5.41) is 14.2. The van der Waals surface area contributed by atoms with E-state index in [1.54, 1.807) is 7.11 Å². The molecule has 2 rings (SSSR count). The lowest BCUT2D eigenvalue weighted by Crippen LogP contribution is -2.38. The van der Waals surface area contributed by atoms with Crippen LogP contribution in [-0.4, -0.2) is 48.2 Å². The number of piperidine rings is 1. The van der Waals surface area contributed by atoms with Crippen LogP contribution in [0, 0.1) is 16.0 Å². The van der Waals surface area contributed by atoms with Crippen molar-refractivity contribution in [3.05, 3.63) is 16.3 Å². The predicted molar refractivity (Wildman–Crippen MR) is 79.7 cm³/mol. The number of ether oxygens (including phenoxy) is 1. The minimum Gasteiger partial charge on any atom is -0.384 e. The molecule has 0 aliphatic carbocycles. The maximum absolute atomic E-state index is 11.2. The highest BCUT2D eigenvalue weighted by atomic mass is 16.6. The molecule has 1 fully saturated rings. The molecule has 8 nitrogen and oxygen atoms in total. The number of nitrogens with zero attached hydrogens (tertiary/aromatic N) is 4. The molecular weight excluding hydrogens is 274 g/mol. The Hall–Kier alpha value is -1.96. The molecule has 1 aromatic heterocycles. The Morgan fingerprint density at radius 1 is 1.62 bits per heavy atom. The summed E-state index contributed by atoms with van der Waals surface area (Å²) >= 11 is 0. The number of rotatable bonds is 6. The van der Waals surface area contributed by atoms with Gasteiger partial charge in [0, 0.05) is 26.7 Å². The highest BCUT2D eigenvalue weighted by Gasteiger charge is 2.27. The lowest BCUT2D eigenvalue weighted by molar-refractivity contribution is -0.384. The van der Waals surface area contributed by atoms with Gasteiger partial charge in [0.15, 0.2) is 0 Å². The zero-order chi connectivity index (χ0) is 15.2. The van der Waals surface area contributed by atoms with Crippen molar-refractivity contribution >= 4 is 17.5 Å². The van der Waals surface area contributed by atoms with Gasteiger partial charge in [0.1, 0.15) is 6.20 Å². The Morgan fingerprint density at radius 3 is 3.10 bits per heavy atom. The van der Waals surface area contributed by atoms with Crippen molar-refractivity contribution in [2.45, 2.75) is 19.8 Å². The van der Waals surface area contributed by atoms with E-state index in [4.69, 9.17) is 4.74 Å². The van der Waals surface area contributed by atoms with Gasteiger partial charge in [-0.05, 0) is 25.7 Å². The molecule has 0 radical (unpaired) electrons. The molecule has 1 aliphatic heterocycles. The molecule has 1 N–H and O–H groups in total. The van der Waals surface area contributed by atoms with Gasteiger partial charge in [-0.15, -0.1) is 0 Å². The average Bonchev–Trinajstić information content (AvgIpc) is 2.48. The molecule has 8 heteroatoms. The molecule has 0 bridgehead atoms. The molecule has 0 aromatic carbocycles. The van der Waals surface area contributed by atoms with E-state index in [-0.39, 0.29) is 5.69 Å². The van der Waals surface area contributed by atoms with Crippen molar-refractivity contribution in [2.24, 2.45) is 5.92 Å². The molecular formula is C13H21N5O3. The molecule has 0 spiro atoms. The van der Waals surface area contributed by atoms with Crippen molar-refractivity contribution in [2.75, 3.05) is 43.6 Å². The van der Waals surface area contributed by atoms with Crippen LogP contribution in [0.25, 0.3) is 0 Å². The van der Waals surface area contributed by atoms with Crippen molar-refractivity contribution in [3.63, 3.8) is 0 Å². The zero-order valence-corrected chi connectivity index (χ0v) is 12.4. The molecule has 21 heavy (non-hydrogen) atoms. The topological polar surface area (TPSA) is 93.4 Å². The molecule has 1 unspecified atom stereocenters. The van der Waals surface area contributed by atoms with E-state index in [0.29, 0.717) is 30.8 Å². The maximum Gasteiger partial charge on any atom is 0.329 e. The minimum atomic E-state index is -0.426. The first-order valence-electron chi connectivity index (χ1n) is 7.14. The fourth-order valence-electron chi connectivity index (χ4n) is 2.60. The summed E-state index contributed by atoms with van der Waals surface area (Å²) in [7, 11) is 1.68. The number of hydrogen-bond donors (Lipinski definition) is 1. The fraction of sp³-hybridized carbons (Fsp3) is 0.692. The number of methoxy groups -OCH3 is 1. The number of nitrogens with one attached hydrogen (secondary N) is 1. The first-order chi connectivity index (χ1) is 10.2. The summed E-state index contributed by atoms with van der Waals surface area (Å²) in [6, 6.07) is 0. The van der Waals surface area contributed by atoms with Crippen molar-refractivity contribution < 1.29 is 9.66 Å². The zero-order valence-electron chi connectivity index (χ0n) is 12.4. The van der Waals surface area contributed by atoms with Gasteiger partial charge in [-0.2, -0.15) is 4.98 Å². The van der Waals surface area contributed by atoms with Gasteiger partial charge in [0.2, 0.25) is 11.8 Å². The van der Waals surface area contributed by atoms with Crippen molar-refractivity contribution in [1.82, 2.24) is 9.97 Å². The van der Waals surface area contributed by atoms with Crippen LogP contribution in [0.2, 0.25) is 0 Å². The van der Waals surface area contributed by atoms with Crippen LogP contribution in [0.5, 0.6) is 0 Å². The van der Waals surface area contributed by atoms with E-state index in [2.05, 4.69) is 15.3 Å². The van der Waals surface area contributed by atoms with Crippen LogP contribution in [0.15, 0.2) is 6.20 Å². The number of hydrogen-bond acceptors (Lipinski definition) is 7. The number of nitro groups is 1. The number of aromatic nitrogens is 2. The third-order valence-corrected chi connectivity index (χ3v) is 3.50. The molecule has 1 atom stereocenters. The van der Waals surface area contributed by atoms with E-state index >= 15 is 0 Å². The maximum atomic E-state index is 11.2. The largest absolute Gasteiger partial charge is 0.384 e. The summed E-state index contributed by atoms with van der Waals surface area (Å²) in [4.78, 5) is 21.0. The first kappa shape index (κ1) is 15.4. The third kappa shape index (κ3) is 3.78. The normalized spacial score (nSPS) is 18.6. The molecule has 0 saturated carbocycles. The Bertz CT molecular complexity index is 495. The van der Waals surface area contributed by atoms with E-state index in [0.717, 1.165) is 25.9 Å². The first-order valence-corrected chi connectivity index (χ1v) is 7.14. The van der Waals surface area contributed by atoms with Crippen LogP contribution in [0.3, 0.4) is 0 Å². The Balaban J connectivity index is 2.26. The summed E-state index contributed by atoms with van der Waals surface area (Å²) < 4.78 is 5.20. The Morgan fingerprint density at radius 2 is 2.43 bits per heavy atom. The van der Waals surface area contributed by atoms with Gasteiger partial charge >= 0.3 is 5.69 Å². The molecule has 1 aromatic rings. The lowest BCUT2D eigenvalue weighted by Gasteiger charge is -2.32. The van der Waals surface area contributed by atoms with Gasteiger partial charge in [0.25, 0.3) is 0 Å². The Kier molecular flexibility index (Phi) is 5.26. The molecule has 116 valence electrons. The van der Waals surface area contributed by atoms with Crippen LogP contribution in [0.4, 0.5) is 17.5 Å². The van der Waals surface area contributed by atoms with Gasteiger partial charge < -0.3 is 15.0 Å². The summed E-state index contributed by atoms with van der Waals surface area (Å²) in [6.07, 6.45) is 3.33. The van der Waals surface area contributed by atoms with Crippen LogP contribution >= 0.6 is 0 Å². The average molecular weight is 295 g/mol. The van der Waals surface area contributed by atoms with Crippen LogP contribution < -0.4 is 10.2 Å². The van der Waals surface area contributed by atoms with Gasteiger partial charge in [0.05, 0.1) is 11.5 Å². The monoisotopic (exact) mass is 295 g/mol. The van der Waals surface area contributed by atoms with Crippen molar-refractivity contribution in [1.29, 1.82) is 0 Å². The van der Waals surface area contributed by atoms with Crippen LogP contribution in [0.1, 0.15) is 19.8 Å².